The van der Waals surface area contributed by atoms with Gasteiger partial charge in [-0.05, 0) is 89.9 Å². The Morgan fingerprint density at radius 3 is 1.70 bits per heavy atom. The van der Waals surface area contributed by atoms with Crippen LogP contribution in [0.25, 0.3) is 0 Å². The van der Waals surface area contributed by atoms with Crippen molar-refractivity contribution in [3.05, 3.63) is 85.1 Å². The second-order valence-electron chi connectivity index (χ2n) is 13.3. The molecule has 2 N–H and O–H groups in total. The van der Waals surface area contributed by atoms with Crippen LogP contribution in [-0.4, -0.2) is 53.3 Å². The molecule has 0 spiro atoms. The minimum atomic E-state index is -4.78. The number of allylic oxidation sites excluding steroid dienone is 12. The molecule has 9 nitrogen and oxygen atoms in total. The zero-order valence-corrected chi connectivity index (χ0v) is 33.5. The minimum absolute atomic E-state index is 0.120. The van der Waals surface area contributed by atoms with Crippen molar-refractivity contribution in [1.29, 1.82) is 0 Å². The van der Waals surface area contributed by atoms with Gasteiger partial charge in [0.05, 0.1) is 18.8 Å². The van der Waals surface area contributed by atoms with Gasteiger partial charge in [0.15, 0.2) is 6.10 Å². The third-order valence-corrected chi connectivity index (χ3v) is 8.79. The van der Waals surface area contributed by atoms with E-state index in [1.165, 1.54) is 19.3 Å². The van der Waals surface area contributed by atoms with E-state index >= 15 is 0 Å². The van der Waals surface area contributed by atoms with Crippen molar-refractivity contribution < 1.29 is 42.7 Å². The van der Waals surface area contributed by atoms with Crippen LogP contribution in [0.5, 0.6) is 0 Å². The van der Waals surface area contributed by atoms with Crippen molar-refractivity contribution >= 4 is 19.8 Å². The van der Waals surface area contributed by atoms with E-state index in [1.807, 2.05) is 12.2 Å². The first-order valence-corrected chi connectivity index (χ1v) is 21.5. The molecule has 0 aromatic rings. The summed E-state index contributed by atoms with van der Waals surface area (Å²) in [6, 6.07) is 0. The van der Waals surface area contributed by atoms with Crippen LogP contribution in [0.1, 0.15) is 142 Å². The number of unbranched alkanes of at least 4 members (excludes halogenated alkanes) is 8. The van der Waals surface area contributed by atoms with Gasteiger partial charge in [-0.3, -0.25) is 14.1 Å². The van der Waals surface area contributed by atoms with E-state index in [-0.39, 0.29) is 19.4 Å². The van der Waals surface area contributed by atoms with Crippen LogP contribution in [0.3, 0.4) is 0 Å². The zero-order valence-electron chi connectivity index (χ0n) is 32.6. The Kier molecular flexibility index (Phi) is 30.7. The highest BCUT2D eigenvalue weighted by Crippen LogP contribution is 2.36. The molecule has 1 heterocycles. The van der Waals surface area contributed by atoms with Crippen LogP contribution in [0.4, 0.5) is 0 Å². The molecule has 1 aliphatic heterocycles. The molecule has 0 aliphatic carbocycles. The third-order valence-electron chi connectivity index (χ3n) is 8.30. The standard InChI is InChI=1S/C43H69O9P/c1-3-5-7-9-11-12-13-14-15-16-17-18-19-20-23-27-31-35-42(44)49-37-39(38-50-53(46,47)48)51-43(45)36-32-28-24-21-22-26-30-34-41-40(52-41)33-29-25-10-8-6-4-2/h5,7,11-12,14-15,17-18,21,24-26,29-30,39-41H,3-4,6,8-10,13,16,19-20,22-23,27-28,31-38H2,1-2H3,(H2,46,47,48)/b7-5-,12-11-,15-14-,18-17-,24-21-,29-25-,30-26-/t39-,40?,41?/m1/s1. The summed E-state index contributed by atoms with van der Waals surface area (Å²) in [5.41, 5.74) is 0. The van der Waals surface area contributed by atoms with Gasteiger partial charge in [-0.25, -0.2) is 4.57 Å². The third kappa shape index (κ3) is 33.5. The second-order valence-corrected chi connectivity index (χ2v) is 14.5. The van der Waals surface area contributed by atoms with E-state index < -0.39 is 32.5 Å². The molecule has 0 aromatic heterocycles. The van der Waals surface area contributed by atoms with Crippen molar-refractivity contribution in [2.24, 2.45) is 0 Å². The number of phosphoric ester groups is 1. The maximum absolute atomic E-state index is 12.4. The number of epoxide rings is 1. The number of rotatable bonds is 34. The average molecular weight is 761 g/mol. The van der Waals surface area contributed by atoms with Gasteiger partial charge in [0.2, 0.25) is 0 Å². The van der Waals surface area contributed by atoms with Crippen molar-refractivity contribution in [1.82, 2.24) is 0 Å². The van der Waals surface area contributed by atoms with Crippen molar-refractivity contribution in [3.8, 4) is 0 Å². The van der Waals surface area contributed by atoms with Crippen LogP contribution in [0, 0.1) is 0 Å². The molecule has 53 heavy (non-hydrogen) atoms. The van der Waals surface area contributed by atoms with Crippen LogP contribution in [0.15, 0.2) is 85.1 Å². The van der Waals surface area contributed by atoms with Crippen molar-refractivity contribution in [3.63, 3.8) is 0 Å². The molecule has 2 unspecified atom stereocenters. The first-order valence-electron chi connectivity index (χ1n) is 20.0. The number of ether oxygens (including phenoxy) is 3. The summed E-state index contributed by atoms with van der Waals surface area (Å²) in [6.45, 7) is 3.45. The first-order chi connectivity index (χ1) is 25.7. The number of hydrogen-bond acceptors (Lipinski definition) is 7. The molecule has 10 heteroatoms. The maximum atomic E-state index is 12.4. The summed E-state index contributed by atoms with van der Waals surface area (Å²) >= 11 is 0. The number of phosphoric acid groups is 1. The van der Waals surface area contributed by atoms with Gasteiger partial charge in [-0.15, -0.1) is 0 Å². The fraction of sp³-hybridized carbons (Fsp3) is 0.628. The summed E-state index contributed by atoms with van der Waals surface area (Å²) < 4.78 is 32.0. The highest BCUT2D eigenvalue weighted by atomic mass is 31.2. The molecular formula is C43H69O9P. The van der Waals surface area contributed by atoms with Gasteiger partial charge in [0.25, 0.3) is 0 Å². The fourth-order valence-corrected chi connectivity index (χ4v) is 5.58. The van der Waals surface area contributed by atoms with Crippen LogP contribution >= 0.6 is 7.82 Å². The molecule has 3 atom stereocenters. The van der Waals surface area contributed by atoms with Gasteiger partial charge in [0.1, 0.15) is 6.61 Å². The fourth-order valence-electron chi connectivity index (χ4n) is 5.22. The SMILES string of the molecule is CC/C=C\C/C=C\C/C=C\C/C=C\CCCCCCC(=O)OC[C@H](COP(=O)(O)O)OC(=O)CCC/C=C\C/C=C\CC1OC1C/C=C\CCCCC. The van der Waals surface area contributed by atoms with E-state index in [9.17, 15) is 14.2 Å². The van der Waals surface area contributed by atoms with Crippen LogP contribution < -0.4 is 0 Å². The minimum Gasteiger partial charge on any atom is -0.462 e. The molecule has 1 aliphatic rings. The van der Waals surface area contributed by atoms with Gasteiger partial charge in [-0.2, -0.15) is 0 Å². The van der Waals surface area contributed by atoms with E-state index in [0.717, 1.165) is 77.0 Å². The highest BCUT2D eigenvalue weighted by molar-refractivity contribution is 7.46. The van der Waals surface area contributed by atoms with Gasteiger partial charge >= 0.3 is 19.8 Å². The number of carbonyl (C=O) groups excluding carboxylic acids is 2. The lowest BCUT2D eigenvalue weighted by molar-refractivity contribution is -0.161. The summed E-state index contributed by atoms with van der Waals surface area (Å²) in [7, 11) is -4.78. The van der Waals surface area contributed by atoms with Gasteiger partial charge in [0, 0.05) is 12.8 Å². The molecule has 300 valence electrons. The van der Waals surface area contributed by atoms with Crippen LogP contribution in [-0.2, 0) is 32.9 Å². The Labute approximate surface area is 320 Å². The topological polar surface area (TPSA) is 132 Å². The molecule has 0 radical (unpaired) electrons. The zero-order chi connectivity index (χ0) is 38.7. The van der Waals surface area contributed by atoms with E-state index in [2.05, 4.69) is 91.3 Å². The summed E-state index contributed by atoms with van der Waals surface area (Å²) in [5, 5.41) is 0. The number of esters is 2. The average Bonchev–Trinajstić information content (AvgIpc) is 3.88. The van der Waals surface area contributed by atoms with Gasteiger partial charge in [-0.1, -0.05) is 125 Å². The lowest BCUT2D eigenvalue weighted by atomic mass is 10.1. The predicted molar refractivity (Wildman–Crippen MR) is 215 cm³/mol. The Morgan fingerprint density at radius 2 is 1.09 bits per heavy atom. The molecule has 1 rings (SSSR count). The molecule has 0 bridgehead atoms. The monoisotopic (exact) mass is 760 g/mol. The highest BCUT2D eigenvalue weighted by Gasteiger charge is 2.36. The smallest absolute Gasteiger partial charge is 0.462 e. The molecule has 0 amide bonds. The predicted octanol–water partition coefficient (Wildman–Crippen LogP) is 11.1. The molecule has 1 fully saturated rings. The van der Waals surface area contributed by atoms with Gasteiger partial charge < -0.3 is 24.0 Å². The Balaban J connectivity index is 2.15. The van der Waals surface area contributed by atoms with E-state index in [4.69, 9.17) is 24.0 Å². The molecular weight excluding hydrogens is 691 g/mol. The summed E-state index contributed by atoms with van der Waals surface area (Å²) in [6.07, 6.45) is 47.6. The molecule has 0 saturated carbocycles. The molecule has 0 aromatic carbocycles. The lowest BCUT2D eigenvalue weighted by Crippen LogP contribution is -2.29. The normalized spacial score (nSPS) is 17.2. The second kappa shape index (κ2) is 33.7. The van der Waals surface area contributed by atoms with Crippen molar-refractivity contribution in [2.75, 3.05) is 13.2 Å². The Hall–Kier alpha value is -2.81. The number of carbonyl (C=O) groups is 2. The lowest BCUT2D eigenvalue weighted by Gasteiger charge is -2.18. The van der Waals surface area contributed by atoms with Crippen LogP contribution in [0.2, 0.25) is 0 Å². The quantitative estimate of drug-likeness (QED) is 0.0216. The first kappa shape index (κ1) is 48.2. The van der Waals surface area contributed by atoms with Crippen molar-refractivity contribution in [2.45, 2.75) is 161 Å². The molecule has 1 saturated heterocycles. The van der Waals surface area contributed by atoms with E-state index in [0.29, 0.717) is 31.5 Å². The summed E-state index contributed by atoms with van der Waals surface area (Å²) in [5.74, 6) is -0.994. The Morgan fingerprint density at radius 1 is 0.604 bits per heavy atom. The summed E-state index contributed by atoms with van der Waals surface area (Å²) in [4.78, 5) is 42.8. The Bertz CT molecular complexity index is 1190. The maximum Gasteiger partial charge on any atom is 0.469 e. The number of hydrogen-bond donors (Lipinski definition) is 2. The van der Waals surface area contributed by atoms with E-state index in [1.54, 1.807) is 0 Å². The largest absolute Gasteiger partial charge is 0.469 e.